The van der Waals surface area contributed by atoms with E-state index in [0.29, 0.717) is 25.5 Å². The van der Waals surface area contributed by atoms with Crippen LogP contribution in [0.15, 0.2) is 29.2 Å². The highest BCUT2D eigenvalue weighted by Crippen LogP contribution is 2.18. The molecule has 1 rings (SSSR count). The molecule has 0 aliphatic carbocycles. The first-order valence-corrected chi connectivity index (χ1v) is 7.84. The van der Waals surface area contributed by atoms with Gasteiger partial charge in [0.05, 0.1) is 18.1 Å². The van der Waals surface area contributed by atoms with Gasteiger partial charge in [-0.25, -0.2) is 8.42 Å². The standard InChI is InChI=1S/C13H21NO5S/c1-3-18-10-8-14(2)20(16,17)13-6-4-12(5-7-13)19-11-9-15/h4-7,15H,3,8-11H2,1-2H3. The maximum Gasteiger partial charge on any atom is 0.242 e. The Balaban J connectivity index is 2.71. The van der Waals surface area contributed by atoms with Gasteiger partial charge in [0.15, 0.2) is 0 Å². The van der Waals surface area contributed by atoms with E-state index in [0.717, 1.165) is 0 Å². The molecular formula is C13H21NO5S. The van der Waals surface area contributed by atoms with Gasteiger partial charge >= 0.3 is 0 Å². The fourth-order valence-electron chi connectivity index (χ4n) is 1.51. The lowest BCUT2D eigenvalue weighted by Crippen LogP contribution is -2.30. The van der Waals surface area contributed by atoms with Crippen molar-refractivity contribution in [3.8, 4) is 5.75 Å². The van der Waals surface area contributed by atoms with Gasteiger partial charge in [0.25, 0.3) is 0 Å². The van der Waals surface area contributed by atoms with Crippen LogP contribution in [-0.4, -0.2) is 57.8 Å². The van der Waals surface area contributed by atoms with Gasteiger partial charge in [0.1, 0.15) is 12.4 Å². The van der Waals surface area contributed by atoms with Crippen molar-refractivity contribution in [1.82, 2.24) is 4.31 Å². The summed E-state index contributed by atoms with van der Waals surface area (Å²) in [6.07, 6.45) is 0. The summed E-state index contributed by atoms with van der Waals surface area (Å²) in [4.78, 5) is 0.202. The first-order valence-electron chi connectivity index (χ1n) is 6.40. The first kappa shape index (κ1) is 16.9. The molecule has 0 aliphatic heterocycles. The number of sulfonamides is 1. The minimum absolute atomic E-state index is 0.0831. The van der Waals surface area contributed by atoms with E-state index >= 15 is 0 Å². The molecule has 0 aromatic heterocycles. The van der Waals surface area contributed by atoms with Crippen LogP contribution in [0.4, 0.5) is 0 Å². The monoisotopic (exact) mass is 303 g/mol. The molecule has 0 amide bonds. The van der Waals surface area contributed by atoms with Crippen molar-refractivity contribution >= 4 is 10.0 Å². The Bertz CT molecular complexity index is 486. The Hall–Kier alpha value is -1.15. The summed E-state index contributed by atoms with van der Waals surface area (Å²) in [6, 6.07) is 6.11. The molecule has 0 saturated heterocycles. The molecule has 1 aromatic rings. The zero-order valence-electron chi connectivity index (χ0n) is 11.8. The summed E-state index contributed by atoms with van der Waals surface area (Å²) >= 11 is 0. The van der Waals surface area contributed by atoms with Crippen molar-refractivity contribution in [3.63, 3.8) is 0 Å². The number of hydrogen-bond donors (Lipinski definition) is 1. The molecule has 0 heterocycles. The van der Waals surface area contributed by atoms with E-state index < -0.39 is 10.0 Å². The fraction of sp³-hybridized carbons (Fsp3) is 0.538. The maximum absolute atomic E-state index is 12.2. The van der Waals surface area contributed by atoms with Gasteiger partial charge in [-0.15, -0.1) is 0 Å². The second-order valence-corrected chi connectivity index (χ2v) is 6.11. The van der Waals surface area contributed by atoms with Gasteiger partial charge < -0.3 is 14.6 Å². The van der Waals surface area contributed by atoms with Crippen LogP contribution in [0.1, 0.15) is 6.92 Å². The maximum atomic E-state index is 12.2. The lowest BCUT2D eigenvalue weighted by molar-refractivity contribution is 0.138. The fourth-order valence-corrected chi connectivity index (χ4v) is 2.66. The minimum atomic E-state index is -3.51. The molecule has 6 nitrogen and oxygen atoms in total. The molecule has 0 spiro atoms. The molecule has 0 radical (unpaired) electrons. The zero-order valence-corrected chi connectivity index (χ0v) is 12.6. The van der Waals surface area contributed by atoms with Gasteiger partial charge in [-0.05, 0) is 31.2 Å². The molecule has 0 saturated carbocycles. The number of aliphatic hydroxyl groups excluding tert-OH is 1. The number of rotatable bonds is 9. The largest absolute Gasteiger partial charge is 0.491 e. The molecule has 0 fully saturated rings. The molecule has 7 heteroatoms. The summed E-state index contributed by atoms with van der Waals surface area (Å²) in [5, 5.41) is 8.65. The molecule has 0 bridgehead atoms. The molecule has 1 N–H and O–H groups in total. The first-order chi connectivity index (χ1) is 9.52. The van der Waals surface area contributed by atoms with Crippen LogP contribution in [-0.2, 0) is 14.8 Å². The van der Waals surface area contributed by atoms with Crippen molar-refractivity contribution in [1.29, 1.82) is 0 Å². The summed E-state index contributed by atoms with van der Waals surface area (Å²) in [6.45, 7) is 3.19. The lowest BCUT2D eigenvalue weighted by Gasteiger charge is -2.17. The van der Waals surface area contributed by atoms with Gasteiger partial charge in [-0.1, -0.05) is 0 Å². The highest BCUT2D eigenvalue weighted by molar-refractivity contribution is 7.89. The van der Waals surface area contributed by atoms with Gasteiger partial charge in [0.2, 0.25) is 10.0 Å². The topological polar surface area (TPSA) is 76.1 Å². The highest BCUT2D eigenvalue weighted by Gasteiger charge is 2.20. The molecule has 1 aromatic carbocycles. The van der Waals surface area contributed by atoms with Crippen LogP contribution < -0.4 is 4.74 Å². The van der Waals surface area contributed by atoms with Gasteiger partial charge in [0, 0.05) is 20.2 Å². The smallest absolute Gasteiger partial charge is 0.242 e. The van der Waals surface area contributed by atoms with Gasteiger partial charge in [-0.2, -0.15) is 4.31 Å². The van der Waals surface area contributed by atoms with Crippen molar-refractivity contribution in [2.45, 2.75) is 11.8 Å². The van der Waals surface area contributed by atoms with Crippen LogP contribution in [0.5, 0.6) is 5.75 Å². The summed E-state index contributed by atoms with van der Waals surface area (Å²) in [5.41, 5.74) is 0. The van der Waals surface area contributed by atoms with E-state index in [-0.39, 0.29) is 18.1 Å². The van der Waals surface area contributed by atoms with Crippen molar-refractivity contribution in [2.75, 3.05) is 40.0 Å². The lowest BCUT2D eigenvalue weighted by atomic mass is 10.3. The van der Waals surface area contributed by atoms with Crippen molar-refractivity contribution in [3.05, 3.63) is 24.3 Å². The van der Waals surface area contributed by atoms with Crippen LogP contribution in [0.2, 0.25) is 0 Å². The van der Waals surface area contributed by atoms with Crippen LogP contribution >= 0.6 is 0 Å². The third kappa shape index (κ3) is 4.75. The Morgan fingerprint density at radius 2 is 1.85 bits per heavy atom. The van der Waals surface area contributed by atoms with E-state index in [1.807, 2.05) is 6.92 Å². The molecule has 0 aliphatic rings. The molecular weight excluding hydrogens is 282 g/mol. The minimum Gasteiger partial charge on any atom is -0.491 e. The quantitative estimate of drug-likeness (QED) is 0.680. The Morgan fingerprint density at radius 3 is 2.40 bits per heavy atom. The van der Waals surface area contributed by atoms with Crippen LogP contribution in [0.25, 0.3) is 0 Å². The zero-order chi connectivity index (χ0) is 15.0. The van der Waals surface area contributed by atoms with E-state index in [1.165, 1.54) is 23.5 Å². The highest BCUT2D eigenvalue weighted by atomic mass is 32.2. The number of hydrogen-bond acceptors (Lipinski definition) is 5. The summed E-state index contributed by atoms with van der Waals surface area (Å²) < 4.78 is 36.1. The molecule has 0 unspecified atom stereocenters. The van der Waals surface area contributed by atoms with E-state index in [4.69, 9.17) is 14.6 Å². The Labute approximate surface area is 120 Å². The van der Waals surface area contributed by atoms with Crippen LogP contribution in [0, 0.1) is 0 Å². The normalized spacial score (nSPS) is 11.8. The Morgan fingerprint density at radius 1 is 1.20 bits per heavy atom. The third-order valence-electron chi connectivity index (χ3n) is 2.65. The number of benzene rings is 1. The summed E-state index contributed by atoms with van der Waals surface area (Å²) in [5.74, 6) is 0.523. The van der Waals surface area contributed by atoms with E-state index in [2.05, 4.69) is 0 Å². The number of likely N-dealkylation sites (N-methyl/N-ethyl adjacent to an activating group) is 1. The number of ether oxygens (including phenoxy) is 2. The number of nitrogens with zero attached hydrogens (tertiary/aromatic N) is 1. The predicted octanol–water partition coefficient (Wildman–Crippen LogP) is 0.715. The van der Waals surface area contributed by atoms with Crippen molar-refractivity contribution in [2.24, 2.45) is 0 Å². The molecule has 20 heavy (non-hydrogen) atoms. The van der Waals surface area contributed by atoms with Crippen molar-refractivity contribution < 1.29 is 23.0 Å². The van der Waals surface area contributed by atoms with E-state index in [9.17, 15) is 8.42 Å². The van der Waals surface area contributed by atoms with E-state index in [1.54, 1.807) is 12.1 Å². The molecule has 0 atom stereocenters. The average molecular weight is 303 g/mol. The van der Waals surface area contributed by atoms with Gasteiger partial charge in [-0.3, -0.25) is 0 Å². The average Bonchev–Trinajstić information content (AvgIpc) is 2.45. The predicted molar refractivity (Wildman–Crippen MR) is 75.3 cm³/mol. The van der Waals surface area contributed by atoms with Crippen LogP contribution in [0.3, 0.4) is 0 Å². The number of aliphatic hydroxyl groups is 1. The molecule has 114 valence electrons. The Kier molecular flexibility index (Phi) is 6.94. The second kappa shape index (κ2) is 8.21. The third-order valence-corrected chi connectivity index (χ3v) is 4.52. The SMILES string of the molecule is CCOCCN(C)S(=O)(=O)c1ccc(OCCO)cc1. The summed E-state index contributed by atoms with van der Waals surface area (Å²) in [7, 11) is -1.99. The second-order valence-electron chi connectivity index (χ2n) is 4.07.